The van der Waals surface area contributed by atoms with Gasteiger partial charge in [-0.2, -0.15) is 5.26 Å². The highest BCUT2D eigenvalue weighted by atomic mass is 79.9. The summed E-state index contributed by atoms with van der Waals surface area (Å²) in [4.78, 5) is 4.49. The number of hydrogen-bond acceptors (Lipinski definition) is 4. The molecule has 0 saturated carbocycles. The van der Waals surface area contributed by atoms with Gasteiger partial charge in [0.15, 0.2) is 0 Å². The summed E-state index contributed by atoms with van der Waals surface area (Å²) in [6.45, 7) is 3.52. The molecule has 1 N–H and O–H groups in total. The Hall–Kier alpha value is -1.09. The Morgan fingerprint density at radius 2 is 2.05 bits per heavy atom. The van der Waals surface area contributed by atoms with Crippen LogP contribution >= 0.6 is 15.9 Å². The molecule has 1 aliphatic rings. The summed E-state index contributed by atoms with van der Waals surface area (Å²) in [6, 6.07) is 10.5. The Kier molecular flexibility index (Phi) is 5.20. The molecule has 1 aromatic carbocycles. The van der Waals surface area contributed by atoms with Gasteiger partial charge in [-0.1, -0.05) is 15.9 Å². The summed E-state index contributed by atoms with van der Waals surface area (Å²) in [7, 11) is 0. The van der Waals surface area contributed by atoms with Crippen molar-refractivity contribution in [2.75, 3.05) is 37.7 Å². The topological polar surface area (TPSA) is 50.5 Å². The van der Waals surface area contributed by atoms with Crippen LogP contribution in [0, 0.1) is 11.3 Å². The molecule has 1 heterocycles. The van der Waals surface area contributed by atoms with Crippen molar-refractivity contribution in [1.29, 1.82) is 5.26 Å². The second kappa shape index (κ2) is 6.90. The highest BCUT2D eigenvalue weighted by Crippen LogP contribution is 2.21. The van der Waals surface area contributed by atoms with E-state index in [4.69, 9.17) is 5.26 Å². The molecule has 0 unspecified atom stereocenters. The van der Waals surface area contributed by atoms with Gasteiger partial charge in [0.2, 0.25) is 0 Å². The zero-order valence-electron chi connectivity index (χ0n) is 10.8. The highest BCUT2D eigenvalue weighted by Gasteiger charge is 2.26. The van der Waals surface area contributed by atoms with Gasteiger partial charge in [-0.15, -0.1) is 0 Å². The van der Waals surface area contributed by atoms with Gasteiger partial charge < -0.3 is 10.0 Å². The Bertz CT molecular complexity index is 443. The van der Waals surface area contributed by atoms with Gasteiger partial charge in [-0.05, 0) is 24.3 Å². The summed E-state index contributed by atoms with van der Waals surface area (Å²) >= 11 is 3.44. The van der Waals surface area contributed by atoms with Gasteiger partial charge >= 0.3 is 0 Å². The Balaban J connectivity index is 2.00. The zero-order valence-corrected chi connectivity index (χ0v) is 12.4. The van der Waals surface area contributed by atoms with Gasteiger partial charge in [0.25, 0.3) is 0 Å². The minimum Gasteiger partial charge on any atom is -0.395 e. The van der Waals surface area contributed by atoms with Crippen molar-refractivity contribution in [1.82, 2.24) is 4.90 Å². The molecule has 0 aliphatic carbocycles. The van der Waals surface area contributed by atoms with Crippen LogP contribution in [0.4, 0.5) is 5.69 Å². The molecule has 5 heteroatoms. The van der Waals surface area contributed by atoms with Crippen molar-refractivity contribution in [3.05, 3.63) is 28.7 Å². The predicted molar refractivity (Wildman–Crippen MR) is 79.0 cm³/mol. The molecule has 1 fully saturated rings. The molecule has 102 valence electrons. The normalized spacial score (nSPS) is 20.3. The zero-order chi connectivity index (χ0) is 13.7. The second-order valence-electron chi connectivity index (χ2n) is 4.70. The van der Waals surface area contributed by atoms with E-state index in [1.807, 2.05) is 12.1 Å². The minimum atomic E-state index is 0.116. The number of nitriles is 1. The molecule has 2 rings (SSSR count). The van der Waals surface area contributed by atoms with Crippen molar-refractivity contribution >= 4 is 21.6 Å². The largest absolute Gasteiger partial charge is 0.395 e. The van der Waals surface area contributed by atoms with Gasteiger partial charge in [0.1, 0.15) is 0 Å². The first-order valence-corrected chi connectivity index (χ1v) is 7.26. The van der Waals surface area contributed by atoms with Gasteiger partial charge in [-0.25, -0.2) is 0 Å². The fourth-order valence-electron chi connectivity index (χ4n) is 2.44. The van der Waals surface area contributed by atoms with Crippen LogP contribution in [0.3, 0.4) is 0 Å². The first-order valence-electron chi connectivity index (χ1n) is 6.47. The summed E-state index contributed by atoms with van der Waals surface area (Å²) in [5.74, 6) is 0. The predicted octanol–water partition coefficient (Wildman–Crippen LogP) is 1.85. The van der Waals surface area contributed by atoms with E-state index in [0.717, 1.165) is 30.7 Å². The number of hydrogen-bond donors (Lipinski definition) is 1. The molecular weight excluding hydrogens is 306 g/mol. The lowest BCUT2D eigenvalue weighted by Crippen LogP contribution is -2.54. The number of aliphatic hydroxyl groups excluding tert-OH is 1. The Morgan fingerprint density at radius 3 is 2.68 bits per heavy atom. The second-order valence-corrected chi connectivity index (χ2v) is 5.62. The molecule has 1 aromatic rings. The van der Waals surface area contributed by atoms with Gasteiger partial charge in [-0.3, -0.25) is 4.90 Å². The molecule has 0 aromatic heterocycles. The summed E-state index contributed by atoms with van der Waals surface area (Å²) in [5.41, 5.74) is 1.18. The van der Waals surface area contributed by atoms with Crippen LogP contribution in [0.2, 0.25) is 0 Å². The standard InChI is InChI=1S/C14H18BrN3O/c15-12-2-4-13(5-3-12)18-9-8-17(7-1-6-16)14(10-18)11-19/h2-5,14,19H,1,7-11H2/t14-/m1/s1. The molecule has 0 spiro atoms. The molecule has 0 bridgehead atoms. The molecule has 0 amide bonds. The van der Waals surface area contributed by atoms with Crippen LogP contribution in [0.1, 0.15) is 6.42 Å². The van der Waals surface area contributed by atoms with Crippen molar-refractivity contribution in [3.63, 3.8) is 0 Å². The lowest BCUT2D eigenvalue weighted by atomic mass is 10.1. The molecule has 1 atom stereocenters. The molecular formula is C14H18BrN3O. The fourth-order valence-corrected chi connectivity index (χ4v) is 2.70. The third kappa shape index (κ3) is 3.69. The van der Waals surface area contributed by atoms with Crippen molar-refractivity contribution in [2.24, 2.45) is 0 Å². The summed E-state index contributed by atoms with van der Waals surface area (Å²) < 4.78 is 1.07. The Morgan fingerprint density at radius 1 is 1.32 bits per heavy atom. The first kappa shape index (κ1) is 14.3. The maximum absolute atomic E-state index is 9.51. The van der Waals surface area contributed by atoms with Gasteiger partial charge in [0, 0.05) is 42.8 Å². The SMILES string of the molecule is N#CCCN1CCN(c2ccc(Br)cc2)C[C@@H]1CO. The van der Waals surface area contributed by atoms with Crippen molar-refractivity contribution in [2.45, 2.75) is 12.5 Å². The number of nitrogens with zero attached hydrogens (tertiary/aromatic N) is 3. The van der Waals surface area contributed by atoms with E-state index in [2.05, 4.69) is 43.9 Å². The van der Waals surface area contributed by atoms with E-state index in [1.165, 1.54) is 5.69 Å². The van der Waals surface area contributed by atoms with E-state index in [0.29, 0.717) is 6.42 Å². The van der Waals surface area contributed by atoms with Crippen molar-refractivity contribution in [3.8, 4) is 6.07 Å². The first-order chi connectivity index (χ1) is 9.24. The van der Waals surface area contributed by atoms with E-state index in [-0.39, 0.29) is 12.6 Å². The van der Waals surface area contributed by atoms with Crippen LogP contribution < -0.4 is 4.90 Å². The number of rotatable bonds is 4. The minimum absolute atomic E-state index is 0.116. The lowest BCUT2D eigenvalue weighted by Gasteiger charge is -2.41. The molecule has 19 heavy (non-hydrogen) atoms. The number of benzene rings is 1. The fraction of sp³-hybridized carbons (Fsp3) is 0.500. The van der Waals surface area contributed by atoms with E-state index in [1.54, 1.807) is 0 Å². The van der Waals surface area contributed by atoms with Gasteiger partial charge in [0.05, 0.1) is 18.7 Å². The quantitative estimate of drug-likeness (QED) is 0.918. The number of piperazine rings is 1. The van der Waals surface area contributed by atoms with Crippen LogP contribution in [0.15, 0.2) is 28.7 Å². The average molecular weight is 324 g/mol. The van der Waals surface area contributed by atoms with E-state index in [9.17, 15) is 5.11 Å². The summed E-state index contributed by atoms with van der Waals surface area (Å²) in [5, 5.41) is 18.2. The summed E-state index contributed by atoms with van der Waals surface area (Å²) in [6.07, 6.45) is 0.523. The van der Waals surface area contributed by atoms with Crippen LogP contribution in [0.5, 0.6) is 0 Å². The van der Waals surface area contributed by atoms with Crippen LogP contribution in [-0.2, 0) is 0 Å². The lowest BCUT2D eigenvalue weighted by molar-refractivity contribution is 0.113. The molecule has 0 radical (unpaired) electrons. The molecule has 4 nitrogen and oxygen atoms in total. The van der Waals surface area contributed by atoms with E-state index < -0.39 is 0 Å². The number of anilines is 1. The van der Waals surface area contributed by atoms with Crippen LogP contribution in [-0.4, -0.2) is 48.8 Å². The Labute approximate surface area is 122 Å². The maximum atomic E-state index is 9.51. The number of aliphatic hydroxyl groups is 1. The third-order valence-electron chi connectivity index (χ3n) is 3.52. The smallest absolute Gasteiger partial charge is 0.0635 e. The number of halogens is 1. The maximum Gasteiger partial charge on any atom is 0.0635 e. The monoisotopic (exact) mass is 323 g/mol. The van der Waals surface area contributed by atoms with Crippen LogP contribution in [0.25, 0.3) is 0 Å². The average Bonchev–Trinajstić information content (AvgIpc) is 2.46. The van der Waals surface area contributed by atoms with Crippen molar-refractivity contribution < 1.29 is 5.11 Å². The van der Waals surface area contributed by atoms with E-state index >= 15 is 0 Å². The third-order valence-corrected chi connectivity index (χ3v) is 4.05. The highest BCUT2D eigenvalue weighted by molar-refractivity contribution is 9.10. The molecule has 1 aliphatic heterocycles. The molecule has 1 saturated heterocycles.